The first-order valence-electron chi connectivity index (χ1n) is 11.6. The molecular formula is C29H15ClF5N3O2. The predicted octanol–water partition coefficient (Wildman–Crippen LogP) is 6.52. The van der Waals surface area contributed by atoms with Crippen molar-refractivity contribution < 1.29 is 31.5 Å². The van der Waals surface area contributed by atoms with E-state index in [0.717, 1.165) is 12.1 Å². The van der Waals surface area contributed by atoms with Gasteiger partial charge in [0.15, 0.2) is 0 Å². The van der Waals surface area contributed by atoms with Crippen LogP contribution in [-0.2, 0) is 6.18 Å². The van der Waals surface area contributed by atoms with E-state index in [1.54, 1.807) is 18.2 Å². The Kier molecular flexibility index (Phi) is 7.00. The zero-order chi connectivity index (χ0) is 28.6. The molecule has 0 bridgehead atoms. The van der Waals surface area contributed by atoms with Crippen molar-refractivity contribution in [2.75, 3.05) is 5.32 Å². The molecule has 5 rings (SSSR count). The number of aromatic nitrogens is 1. The summed E-state index contributed by atoms with van der Waals surface area (Å²) in [7, 11) is 0. The summed E-state index contributed by atoms with van der Waals surface area (Å²) >= 11 is 6.29. The van der Waals surface area contributed by atoms with Gasteiger partial charge in [-0.05, 0) is 66.6 Å². The third kappa shape index (κ3) is 5.51. The first-order chi connectivity index (χ1) is 19.0. The van der Waals surface area contributed by atoms with E-state index in [1.807, 2.05) is 0 Å². The summed E-state index contributed by atoms with van der Waals surface area (Å²) in [4.78, 5) is 30.2. The summed E-state index contributed by atoms with van der Waals surface area (Å²) in [6.45, 7) is 0. The van der Waals surface area contributed by atoms with Gasteiger partial charge in [-0.3, -0.25) is 9.59 Å². The van der Waals surface area contributed by atoms with Crippen molar-refractivity contribution >= 4 is 29.1 Å². The second-order valence-corrected chi connectivity index (χ2v) is 9.11. The summed E-state index contributed by atoms with van der Waals surface area (Å²) in [5.41, 5.74) is -0.859. The van der Waals surface area contributed by atoms with Gasteiger partial charge in [-0.2, -0.15) is 13.2 Å². The first kappa shape index (κ1) is 26.8. The van der Waals surface area contributed by atoms with Crippen molar-refractivity contribution in [1.29, 1.82) is 0 Å². The Hall–Kier alpha value is -4.75. The molecule has 4 aromatic rings. The molecule has 3 aromatic carbocycles. The van der Waals surface area contributed by atoms with Crippen LogP contribution in [0.3, 0.4) is 0 Å². The number of hydrogen-bond donors (Lipinski definition) is 2. The number of halogens is 6. The molecule has 1 unspecified atom stereocenters. The lowest BCUT2D eigenvalue weighted by Crippen LogP contribution is -2.21. The van der Waals surface area contributed by atoms with Crippen LogP contribution in [0.25, 0.3) is 0 Å². The van der Waals surface area contributed by atoms with E-state index >= 15 is 0 Å². The summed E-state index contributed by atoms with van der Waals surface area (Å²) in [5.74, 6) is 2.10. The van der Waals surface area contributed by atoms with Gasteiger partial charge in [0.1, 0.15) is 17.3 Å². The van der Waals surface area contributed by atoms with Crippen LogP contribution in [0.5, 0.6) is 0 Å². The first-order valence-corrected chi connectivity index (χ1v) is 11.9. The zero-order valence-electron chi connectivity index (χ0n) is 20.0. The lowest BCUT2D eigenvalue weighted by molar-refractivity contribution is -0.137. The summed E-state index contributed by atoms with van der Waals surface area (Å²) in [5, 5.41) is 5.28. The van der Waals surface area contributed by atoms with E-state index in [9.17, 15) is 31.5 Å². The number of carbonyl (C=O) groups excluding carboxylic acids is 2. The Bertz CT molecular complexity index is 1730. The molecular weight excluding hydrogens is 553 g/mol. The quantitative estimate of drug-likeness (QED) is 0.219. The van der Waals surface area contributed by atoms with Crippen molar-refractivity contribution in [3.05, 3.63) is 129 Å². The van der Waals surface area contributed by atoms with Crippen LogP contribution < -0.4 is 10.6 Å². The Morgan fingerprint density at radius 1 is 0.975 bits per heavy atom. The second kappa shape index (κ2) is 10.4. The third-order valence-electron chi connectivity index (χ3n) is 5.99. The number of pyridine rings is 1. The van der Waals surface area contributed by atoms with Gasteiger partial charge in [-0.25, -0.2) is 13.8 Å². The molecule has 2 N–H and O–H groups in total. The molecule has 1 aliphatic rings. The van der Waals surface area contributed by atoms with Gasteiger partial charge in [0.2, 0.25) is 0 Å². The molecule has 1 aromatic heterocycles. The molecule has 1 atom stereocenters. The minimum atomic E-state index is -4.89. The molecule has 0 saturated carbocycles. The van der Waals surface area contributed by atoms with Gasteiger partial charge in [-0.1, -0.05) is 23.6 Å². The molecule has 40 heavy (non-hydrogen) atoms. The van der Waals surface area contributed by atoms with Crippen molar-refractivity contribution in [2.45, 2.75) is 12.2 Å². The van der Waals surface area contributed by atoms with Gasteiger partial charge in [0.05, 0.1) is 11.6 Å². The van der Waals surface area contributed by atoms with Crippen molar-refractivity contribution in [1.82, 2.24) is 10.3 Å². The fourth-order valence-corrected chi connectivity index (χ4v) is 4.46. The van der Waals surface area contributed by atoms with Crippen LogP contribution in [0.4, 0.5) is 27.6 Å². The molecule has 0 saturated heterocycles. The summed E-state index contributed by atoms with van der Waals surface area (Å²) in [6, 6.07) is 11.9. The molecule has 0 spiro atoms. The maximum atomic E-state index is 14.1. The Morgan fingerprint density at radius 2 is 1.77 bits per heavy atom. The third-order valence-corrected chi connectivity index (χ3v) is 6.34. The van der Waals surface area contributed by atoms with Gasteiger partial charge < -0.3 is 10.6 Å². The molecule has 0 fully saturated rings. The predicted molar refractivity (Wildman–Crippen MR) is 137 cm³/mol. The highest BCUT2D eigenvalue weighted by Gasteiger charge is 2.35. The van der Waals surface area contributed by atoms with E-state index in [-0.39, 0.29) is 39.0 Å². The summed E-state index contributed by atoms with van der Waals surface area (Å²) in [6.07, 6.45) is -3.36. The fraction of sp³-hybridized carbons (Fsp3) is 0.0690. The number of nitrogens with zero attached hydrogens (tertiary/aromatic N) is 1. The van der Waals surface area contributed by atoms with Crippen LogP contribution >= 0.6 is 11.6 Å². The number of rotatable bonds is 3. The largest absolute Gasteiger partial charge is 0.416 e. The highest BCUT2D eigenvalue weighted by atomic mass is 35.5. The van der Waals surface area contributed by atoms with Crippen LogP contribution in [0, 0.1) is 23.5 Å². The molecule has 200 valence electrons. The molecule has 1 aliphatic heterocycles. The standard InChI is InChI=1S/C29H15ClF5N3O2/c30-23-7-5-18(31)14-21(23)26-25-22(28(40)38-26)9-15(4-6-20-3-1-2-8-36-20)10-24(25)37-27(39)16-11-17(29(33,34)35)13-19(32)12-16/h1-3,5,7-14,26H,(H,37,39)(H,38,40). The zero-order valence-corrected chi connectivity index (χ0v) is 20.8. The van der Waals surface area contributed by atoms with Crippen molar-refractivity contribution in [2.24, 2.45) is 0 Å². The molecule has 2 amide bonds. The van der Waals surface area contributed by atoms with Crippen LogP contribution in [-0.4, -0.2) is 16.8 Å². The molecule has 0 radical (unpaired) electrons. The van der Waals surface area contributed by atoms with E-state index < -0.39 is 46.8 Å². The van der Waals surface area contributed by atoms with E-state index in [4.69, 9.17) is 11.6 Å². The van der Waals surface area contributed by atoms with E-state index in [2.05, 4.69) is 27.5 Å². The average molecular weight is 568 g/mol. The van der Waals surface area contributed by atoms with Crippen LogP contribution in [0.2, 0.25) is 5.02 Å². The topological polar surface area (TPSA) is 71.1 Å². The minimum absolute atomic E-state index is 0.0191. The summed E-state index contributed by atoms with van der Waals surface area (Å²) < 4.78 is 67.8. The SMILES string of the molecule is O=C(Nc1cc(C#Cc2ccccn2)cc2c1C(c1cc(F)ccc1Cl)NC2=O)c1cc(F)cc(C(F)(F)F)c1. The number of alkyl halides is 3. The Morgan fingerprint density at radius 3 is 2.50 bits per heavy atom. The highest BCUT2D eigenvalue weighted by Crippen LogP contribution is 2.40. The van der Waals surface area contributed by atoms with Gasteiger partial charge in [0, 0.05) is 44.7 Å². The number of carbonyl (C=O) groups is 2. The smallest absolute Gasteiger partial charge is 0.341 e. The number of nitrogens with one attached hydrogen (secondary N) is 2. The van der Waals surface area contributed by atoms with E-state index in [1.165, 1.54) is 24.4 Å². The van der Waals surface area contributed by atoms with Crippen molar-refractivity contribution in [3.8, 4) is 11.8 Å². The lowest BCUT2D eigenvalue weighted by atomic mass is 9.94. The monoisotopic (exact) mass is 567 g/mol. The number of benzene rings is 3. The molecule has 2 heterocycles. The minimum Gasteiger partial charge on any atom is -0.341 e. The Balaban J connectivity index is 1.63. The van der Waals surface area contributed by atoms with Crippen LogP contribution in [0.1, 0.15) is 54.7 Å². The number of anilines is 1. The molecule has 0 aliphatic carbocycles. The van der Waals surface area contributed by atoms with E-state index in [0.29, 0.717) is 17.8 Å². The molecule has 11 heteroatoms. The number of amides is 2. The fourth-order valence-electron chi connectivity index (χ4n) is 4.23. The highest BCUT2D eigenvalue weighted by molar-refractivity contribution is 6.31. The van der Waals surface area contributed by atoms with Crippen LogP contribution in [0.15, 0.2) is 72.9 Å². The normalized spacial score (nSPS) is 14.2. The van der Waals surface area contributed by atoms with Gasteiger partial charge in [0.25, 0.3) is 11.8 Å². The van der Waals surface area contributed by atoms with Gasteiger partial charge in [-0.15, -0.1) is 0 Å². The number of hydrogen-bond acceptors (Lipinski definition) is 3. The average Bonchev–Trinajstić information content (AvgIpc) is 3.25. The second-order valence-electron chi connectivity index (χ2n) is 8.70. The maximum Gasteiger partial charge on any atom is 0.416 e. The maximum absolute atomic E-state index is 14.1. The lowest BCUT2D eigenvalue weighted by Gasteiger charge is -2.18. The number of fused-ring (bicyclic) bond motifs is 1. The van der Waals surface area contributed by atoms with Crippen molar-refractivity contribution in [3.63, 3.8) is 0 Å². The Labute approximate surface area is 229 Å². The molecule has 5 nitrogen and oxygen atoms in total. The van der Waals surface area contributed by atoms with Gasteiger partial charge >= 0.3 is 6.18 Å².